The van der Waals surface area contributed by atoms with Gasteiger partial charge < -0.3 is 15.5 Å². The highest BCUT2D eigenvalue weighted by molar-refractivity contribution is 5.95. The van der Waals surface area contributed by atoms with Crippen molar-refractivity contribution in [2.75, 3.05) is 18.0 Å². The molecule has 0 aliphatic carbocycles. The minimum absolute atomic E-state index is 0.211. The van der Waals surface area contributed by atoms with Crippen LogP contribution in [0.4, 0.5) is 5.69 Å². The minimum Gasteiger partial charge on any atom is -0.357 e. The molecule has 0 radical (unpaired) electrons. The number of aromatic amines is 1. The summed E-state index contributed by atoms with van der Waals surface area (Å²) in [6.45, 7) is 4.87. The van der Waals surface area contributed by atoms with Crippen molar-refractivity contribution in [1.29, 1.82) is 0 Å². The fraction of sp³-hybridized carbons (Fsp3) is 0.389. The highest BCUT2D eigenvalue weighted by atomic mass is 16.2. The molecular weight excluding hydrogens is 316 g/mol. The molecule has 0 atom stereocenters. The van der Waals surface area contributed by atoms with Crippen LogP contribution in [-0.4, -0.2) is 35.2 Å². The van der Waals surface area contributed by atoms with Crippen LogP contribution in [0.15, 0.2) is 41.5 Å². The molecule has 1 saturated heterocycles. The Labute approximate surface area is 147 Å². The van der Waals surface area contributed by atoms with Gasteiger partial charge in [0, 0.05) is 31.4 Å². The lowest BCUT2D eigenvalue weighted by atomic mass is 10.2. The van der Waals surface area contributed by atoms with Crippen LogP contribution in [0.3, 0.4) is 0 Å². The summed E-state index contributed by atoms with van der Waals surface area (Å²) in [4.78, 5) is 18.3. The molecular formula is C18H24N6O. The number of hydrogen-bond acceptors (Lipinski definition) is 3. The molecule has 3 N–H and O–H groups in total. The molecule has 2 heterocycles. The second-order valence-corrected chi connectivity index (χ2v) is 5.95. The Morgan fingerprint density at radius 3 is 2.76 bits per heavy atom. The number of nitrogens with zero attached hydrogens (tertiary/aromatic N) is 3. The Bertz CT molecular complexity index is 708. The Morgan fingerprint density at radius 2 is 2.12 bits per heavy atom. The third-order valence-corrected chi connectivity index (χ3v) is 4.09. The van der Waals surface area contributed by atoms with E-state index in [1.165, 1.54) is 0 Å². The topological polar surface area (TPSA) is 85.4 Å². The zero-order chi connectivity index (χ0) is 17.5. The zero-order valence-electron chi connectivity index (χ0n) is 14.5. The minimum atomic E-state index is 0.211. The third kappa shape index (κ3) is 4.59. The van der Waals surface area contributed by atoms with E-state index in [0.717, 1.165) is 42.4 Å². The van der Waals surface area contributed by atoms with Crippen molar-refractivity contribution in [2.45, 2.75) is 32.9 Å². The van der Waals surface area contributed by atoms with Crippen molar-refractivity contribution in [3.8, 4) is 0 Å². The van der Waals surface area contributed by atoms with Crippen LogP contribution in [0.1, 0.15) is 31.0 Å². The molecule has 2 aromatic rings. The maximum Gasteiger partial charge on any atom is 0.227 e. The van der Waals surface area contributed by atoms with Crippen LogP contribution in [0, 0.1) is 0 Å². The molecule has 25 heavy (non-hydrogen) atoms. The van der Waals surface area contributed by atoms with E-state index in [-0.39, 0.29) is 5.91 Å². The molecule has 3 rings (SSSR count). The summed E-state index contributed by atoms with van der Waals surface area (Å²) in [5.41, 5.74) is 3.08. The number of amides is 1. The number of aliphatic imine (C=N–C) groups is 1. The lowest BCUT2D eigenvalue weighted by Gasteiger charge is -2.15. The van der Waals surface area contributed by atoms with Gasteiger partial charge in [0.15, 0.2) is 5.96 Å². The third-order valence-electron chi connectivity index (χ3n) is 4.09. The van der Waals surface area contributed by atoms with Gasteiger partial charge in [0.25, 0.3) is 0 Å². The summed E-state index contributed by atoms with van der Waals surface area (Å²) < 4.78 is 0. The summed E-state index contributed by atoms with van der Waals surface area (Å²) in [5.74, 6) is 0.971. The average molecular weight is 340 g/mol. The van der Waals surface area contributed by atoms with Crippen LogP contribution in [0.5, 0.6) is 0 Å². The first-order chi connectivity index (χ1) is 12.3. The predicted octanol–water partition coefficient (Wildman–Crippen LogP) is 1.79. The quantitative estimate of drug-likeness (QED) is 0.553. The Kier molecular flexibility index (Phi) is 5.66. The summed E-state index contributed by atoms with van der Waals surface area (Å²) in [5, 5.41) is 13.3. The number of rotatable bonds is 6. The number of H-pyrrole nitrogens is 1. The normalized spacial score (nSPS) is 14.8. The fourth-order valence-electron chi connectivity index (χ4n) is 2.78. The van der Waals surface area contributed by atoms with Crippen LogP contribution in [0.2, 0.25) is 0 Å². The van der Waals surface area contributed by atoms with E-state index in [4.69, 9.17) is 0 Å². The molecule has 132 valence electrons. The highest BCUT2D eigenvalue weighted by Crippen LogP contribution is 2.21. The van der Waals surface area contributed by atoms with Gasteiger partial charge in [-0.3, -0.25) is 9.89 Å². The van der Waals surface area contributed by atoms with Crippen LogP contribution < -0.4 is 15.5 Å². The molecule has 1 amide bonds. The van der Waals surface area contributed by atoms with E-state index in [2.05, 4.69) is 25.8 Å². The molecule has 1 aromatic carbocycles. The monoisotopic (exact) mass is 340 g/mol. The highest BCUT2D eigenvalue weighted by Gasteiger charge is 2.21. The van der Waals surface area contributed by atoms with Crippen molar-refractivity contribution in [1.82, 2.24) is 20.8 Å². The molecule has 0 spiro atoms. The number of nitrogens with one attached hydrogen (secondary N) is 3. The molecule has 7 heteroatoms. The Balaban J connectivity index is 1.58. The van der Waals surface area contributed by atoms with E-state index >= 15 is 0 Å². The van der Waals surface area contributed by atoms with Gasteiger partial charge in [0.1, 0.15) is 0 Å². The first-order valence-electron chi connectivity index (χ1n) is 8.66. The largest absolute Gasteiger partial charge is 0.357 e. The van der Waals surface area contributed by atoms with E-state index in [0.29, 0.717) is 19.5 Å². The van der Waals surface area contributed by atoms with E-state index in [1.54, 1.807) is 6.20 Å². The SMILES string of the molecule is CCNC(=NCc1ccc(N2CCCC2=O)cc1)NCc1ccn[nH]1. The van der Waals surface area contributed by atoms with Gasteiger partial charge in [0.05, 0.1) is 18.8 Å². The summed E-state index contributed by atoms with van der Waals surface area (Å²) >= 11 is 0. The van der Waals surface area contributed by atoms with Gasteiger partial charge in [-0.1, -0.05) is 12.1 Å². The summed E-state index contributed by atoms with van der Waals surface area (Å²) in [6.07, 6.45) is 3.33. The van der Waals surface area contributed by atoms with Gasteiger partial charge in [-0.25, -0.2) is 4.99 Å². The molecule has 0 unspecified atom stereocenters. The van der Waals surface area contributed by atoms with Crippen molar-refractivity contribution in [3.05, 3.63) is 47.8 Å². The van der Waals surface area contributed by atoms with Crippen LogP contribution in [-0.2, 0) is 17.9 Å². The molecule has 0 bridgehead atoms. The fourth-order valence-corrected chi connectivity index (χ4v) is 2.78. The summed E-state index contributed by atoms with van der Waals surface area (Å²) in [6, 6.07) is 9.98. The number of carbonyl (C=O) groups is 1. The number of aromatic nitrogens is 2. The van der Waals surface area contributed by atoms with Gasteiger partial charge >= 0.3 is 0 Å². The van der Waals surface area contributed by atoms with Crippen molar-refractivity contribution in [3.63, 3.8) is 0 Å². The molecule has 1 aromatic heterocycles. The molecule has 7 nitrogen and oxygen atoms in total. The van der Waals surface area contributed by atoms with E-state index in [9.17, 15) is 4.79 Å². The van der Waals surface area contributed by atoms with Crippen molar-refractivity contribution < 1.29 is 4.79 Å². The molecule has 1 fully saturated rings. The second-order valence-electron chi connectivity index (χ2n) is 5.95. The number of hydrogen-bond donors (Lipinski definition) is 3. The van der Waals surface area contributed by atoms with Crippen LogP contribution in [0.25, 0.3) is 0 Å². The number of anilines is 1. The molecule has 0 saturated carbocycles. The lowest BCUT2D eigenvalue weighted by molar-refractivity contribution is -0.117. The van der Waals surface area contributed by atoms with Gasteiger partial charge in [-0.05, 0) is 37.1 Å². The van der Waals surface area contributed by atoms with Gasteiger partial charge in [0.2, 0.25) is 5.91 Å². The van der Waals surface area contributed by atoms with E-state index < -0.39 is 0 Å². The standard InChI is InChI=1S/C18H24N6O/c1-2-19-18(21-13-15-9-10-22-23-15)20-12-14-5-7-16(8-6-14)24-11-3-4-17(24)25/h5-10H,2-4,11-13H2,1H3,(H,22,23)(H2,19,20,21). The summed E-state index contributed by atoms with van der Waals surface area (Å²) in [7, 11) is 0. The van der Waals surface area contributed by atoms with Gasteiger partial charge in [-0.15, -0.1) is 0 Å². The van der Waals surface area contributed by atoms with Crippen molar-refractivity contribution in [2.24, 2.45) is 4.99 Å². The number of carbonyl (C=O) groups excluding carboxylic acids is 1. The maximum atomic E-state index is 11.8. The Hall–Kier alpha value is -2.83. The first kappa shape index (κ1) is 17.0. The predicted molar refractivity (Wildman–Crippen MR) is 98.3 cm³/mol. The second kappa shape index (κ2) is 8.32. The van der Waals surface area contributed by atoms with Gasteiger partial charge in [-0.2, -0.15) is 5.10 Å². The molecule has 1 aliphatic rings. The first-order valence-corrected chi connectivity index (χ1v) is 8.66. The van der Waals surface area contributed by atoms with Crippen molar-refractivity contribution >= 4 is 17.6 Å². The Morgan fingerprint density at radius 1 is 1.28 bits per heavy atom. The number of benzene rings is 1. The molecule has 1 aliphatic heterocycles. The smallest absolute Gasteiger partial charge is 0.227 e. The van der Waals surface area contributed by atoms with Crippen LogP contribution >= 0.6 is 0 Å². The average Bonchev–Trinajstić information content (AvgIpc) is 3.29. The lowest BCUT2D eigenvalue weighted by Crippen LogP contribution is -2.36. The number of guanidine groups is 1. The maximum absolute atomic E-state index is 11.8. The van der Waals surface area contributed by atoms with E-state index in [1.807, 2.05) is 42.2 Å². The zero-order valence-corrected chi connectivity index (χ0v) is 14.5.